The molecule has 0 saturated carbocycles. The number of benzene rings is 1. The molecule has 0 heterocycles. The molecule has 0 spiro atoms. The van der Waals surface area contributed by atoms with Gasteiger partial charge in [-0.15, -0.1) is 12.4 Å². The molecule has 1 rings (SSSR count). The van der Waals surface area contributed by atoms with Gasteiger partial charge in [-0.1, -0.05) is 26.8 Å². The SMILES string of the molecule is CC(C)(C)[C@H](N)C(=O)NCCOc1cccc(F)c1.Cl. The minimum Gasteiger partial charge on any atom is -0.492 e. The van der Waals surface area contributed by atoms with Gasteiger partial charge in [-0.2, -0.15) is 0 Å². The fourth-order valence-corrected chi connectivity index (χ4v) is 1.40. The maximum Gasteiger partial charge on any atom is 0.237 e. The summed E-state index contributed by atoms with van der Waals surface area (Å²) < 4.78 is 18.2. The first kappa shape index (κ1) is 18.7. The smallest absolute Gasteiger partial charge is 0.237 e. The van der Waals surface area contributed by atoms with Crippen LogP contribution in [0.2, 0.25) is 0 Å². The van der Waals surface area contributed by atoms with Crippen molar-refractivity contribution in [1.82, 2.24) is 5.32 Å². The molecule has 0 bridgehead atoms. The quantitative estimate of drug-likeness (QED) is 0.819. The lowest BCUT2D eigenvalue weighted by atomic mass is 9.87. The van der Waals surface area contributed by atoms with Crippen LogP contribution in [0.4, 0.5) is 4.39 Å². The largest absolute Gasteiger partial charge is 0.492 e. The van der Waals surface area contributed by atoms with Crippen LogP contribution in [0.3, 0.4) is 0 Å². The van der Waals surface area contributed by atoms with Gasteiger partial charge in [0.05, 0.1) is 12.6 Å². The standard InChI is InChI=1S/C14H21FN2O2.ClH/c1-14(2,3)12(16)13(18)17-7-8-19-11-6-4-5-10(15)9-11;/h4-6,9,12H,7-8,16H2,1-3H3,(H,17,18);1H/t12-;/m1./s1. The summed E-state index contributed by atoms with van der Waals surface area (Å²) in [6, 6.07) is 5.30. The van der Waals surface area contributed by atoms with Gasteiger partial charge in [0.1, 0.15) is 18.2 Å². The van der Waals surface area contributed by atoms with Crippen LogP contribution in [0, 0.1) is 11.2 Å². The van der Waals surface area contributed by atoms with Crippen molar-refractivity contribution < 1.29 is 13.9 Å². The Hall–Kier alpha value is -1.33. The number of carbonyl (C=O) groups is 1. The van der Waals surface area contributed by atoms with Crippen LogP contribution >= 0.6 is 12.4 Å². The van der Waals surface area contributed by atoms with Crippen LogP contribution in [0.25, 0.3) is 0 Å². The molecular weight excluding hydrogens is 283 g/mol. The van der Waals surface area contributed by atoms with E-state index in [9.17, 15) is 9.18 Å². The Morgan fingerprint density at radius 2 is 2.10 bits per heavy atom. The second-order valence-electron chi connectivity index (χ2n) is 5.44. The number of hydrogen-bond donors (Lipinski definition) is 2. The van der Waals surface area contributed by atoms with Gasteiger partial charge in [0.25, 0.3) is 0 Å². The number of halogens is 2. The zero-order chi connectivity index (χ0) is 14.5. The normalized spacial score (nSPS) is 12.2. The van der Waals surface area contributed by atoms with Crippen LogP contribution in [-0.2, 0) is 4.79 Å². The lowest BCUT2D eigenvalue weighted by Gasteiger charge is -2.25. The zero-order valence-electron chi connectivity index (χ0n) is 12.0. The third-order valence-corrected chi connectivity index (χ3v) is 2.68. The third kappa shape index (κ3) is 6.21. The molecule has 0 fully saturated rings. The minimum atomic E-state index is -0.568. The summed E-state index contributed by atoms with van der Waals surface area (Å²) in [6.07, 6.45) is 0. The summed E-state index contributed by atoms with van der Waals surface area (Å²) >= 11 is 0. The first-order valence-corrected chi connectivity index (χ1v) is 6.22. The Morgan fingerprint density at radius 3 is 2.65 bits per heavy atom. The van der Waals surface area contributed by atoms with E-state index in [2.05, 4.69) is 5.32 Å². The molecule has 0 aliphatic rings. The summed E-state index contributed by atoms with van der Waals surface area (Å²) in [6.45, 7) is 6.31. The summed E-state index contributed by atoms with van der Waals surface area (Å²) in [5, 5.41) is 2.69. The molecule has 1 aromatic rings. The van der Waals surface area contributed by atoms with E-state index in [0.717, 1.165) is 0 Å². The molecular formula is C14H22ClFN2O2. The molecule has 20 heavy (non-hydrogen) atoms. The Bertz CT molecular complexity index is 435. The van der Waals surface area contributed by atoms with E-state index >= 15 is 0 Å². The first-order chi connectivity index (χ1) is 8.80. The van der Waals surface area contributed by atoms with E-state index in [1.807, 2.05) is 20.8 Å². The average Bonchev–Trinajstić information content (AvgIpc) is 2.32. The Labute approximate surface area is 125 Å². The van der Waals surface area contributed by atoms with Crippen LogP contribution in [0.5, 0.6) is 5.75 Å². The molecule has 6 heteroatoms. The molecule has 0 saturated heterocycles. The molecule has 1 aromatic carbocycles. The van der Waals surface area contributed by atoms with E-state index < -0.39 is 6.04 Å². The average molecular weight is 305 g/mol. The van der Waals surface area contributed by atoms with E-state index in [4.69, 9.17) is 10.5 Å². The van der Waals surface area contributed by atoms with Crippen molar-refractivity contribution >= 4 is 18.3 Å². The Morgan fingerprint density at radius 1 is 1.45 bits per heavy atom. The highest BCUT2D eigenvalue weighted by molar-refractivity contribution is 5.85. The molecule has 114 valence electrons. The van der Waals surface area contributed by atoms with Gasteiger partial charge in [-0.25, -0.2) is 4.39 Å². The van der Waals surface area contributed by atoms with Crippen LogP contribution < -0.4 is 15.8 Å². The topological polar surface area (TPSA) is 64.4 Å². The van der Waals surface area contributed by atoms with Gasteiger partial charge >= 0.3 is 0 Å². The van der Waals surface area contributed by atoms with Crippen molar-refractivity contribution in [3.05, 3.63) is 30.1 Å². The van der Waals surface area contributed by atoms with Crippen LogP contribution in [0.15, 0.2) is 24.3 Å². The highest BCUT2D eigenvalue weighted by Crippen LogP contribution is 2.17. The lowest BCUT2D eigenvalue weighted by Crippen LogP contribution is -2.49. The van der Waals surface area contributed by atoms with E-state index in [1.165, 1.54) is 12.1 Å². The highest BCUT2D eigenvalue weighted by Gasteiger charge is 2.26. The third-order valence-electron chi connectivity index (χ3n) is 2.68. The number of amides is 1. The van der Waals surface area contributed by atoms with Crippen molar-refractivity contribution in [2.45, 2.75) is 26.8 Å². The number of hydrogen-bond acceptors (Lipinski definition) is 3. The highest BCUT2D eigenvalue weighted by atomic mass is 35.5. The fourth-order valence-electron chi connectivity index (χ4n) is 1.40. The molecule has 0 aliphatic heterocycles. The van der Waals surface area contributed by atoms with Crippen LogP contribution in [0.1, 0.15) is 20.8 Å². The Kier molecular flexibility index (Phi) is 7.53. The monoisotopic (exact) mass is 304 g/mol. The van der Waals surface area contributed by atoms with Crippen molar-refractivity contribution in [2.24, 2.45) is 11.1 Å². The first-order valence-electron chi connectivity index (χ1n) is 6.22. The van der Waals surface area contributed by atoms with Crippen LogP contribution in [-0.4, -0.2) is 25.1 Å². The molecule has 4 nitrogen and oxygen atoms in total. The predicted octanol–water partition coefficient (Wildman–Crippen LogP) is 2.12. The Balaban J connectivity index is 0.00000361. The number of nitrogens with two attached hydrogens (primary N) is 1. The van der Waals surface area contributed by atoms with E-state index in [-0.39, 0.29) is 36.2 Å². The summed E-state index contributed by atoms with van der Waals surface area (Å²) in [4.78, 5) is 11.7. The molecule has 1 amide bonds. The number of carbonyl (C=O) groups excluding carboxylic acids is 1. The van der Waals surface area contributed by atoms with Gasteiger partial charge < -0.3 is 15.8 Å². The van der Waals surface area contributed by atoms with Gasteiger partial charge in [0.2, 0.25) is 5.91 Å². The second kappa shape index (κ2) is 8.07. The summed E-state index contributed by atoms with van der Waals surface area (Å²) in [5.41, 5.74) is 5.52. The fraction of sp³-hybridized carbons (Fsp3) is 0.500. The predicted molar refractivity (Wildman–Crippen MR) is 79.6 cm³/mol. The van der Waals surface area contributed by atoms with Gasteiger partial charge in [-0.05, 0) is 17.5 Å². The van der Waals surface area contributed by atoms with Crippen molar-refractivity contribution in [3.8, 4) is 5.75 Å². The molecule has 0 radical (unpaired) electrons. The molecule has 1 atom stereocenters. The maximum atomic E-state index is 12.9. The van der Waals surface area contributed by atoms with Crippen molar-refractivity contribution in [1.29, 1.82) is 0 Å². The number of ether oxygens (including phenoxy) is 1. The summed E-state index contributed by atoms with van der Waals surface area (Å²) in [7, 11) is 0. The lowest BCUT2D eigenvalue weighted by molar-refractivity contribution is -0.124. The molecule has 0 aliphatic carbocycles. The number of rotatable bonds is 5. The molecule has 0 unspecified atom stereocenters. The van der Waals surface area contributed by atoms with E-state index in [0.29, 0.717) is 12.3 Å². The molecule has 0 aromatic heterocycles. The second-order valence-corrected chi connectivity index (χ2v) is 5.44. The van der Waals surface area contributed by atoms with Gasteiger partial charge in [0, 0.05) is 6.07 Å². The number of nitrogens with one attached hydrogen (secondary N) is 1. The zero-order valence-corrected chi connectivity index (χ0v) is 12.8. The van der Waals surface area contributed by atoms with Gasteiger partial charge in [-0.3, -0.25) is 4.79 Å². The summed E-state index contributed by atoms with van der Waals surface area (Å²) in [5.74, 6) is -0.124. The van der Waals surface area contributed by atoms with E-state index in [1.54, 1.807) is 12.1 Å². The van der Waals surface area contributed by atoms with Crippen molar-refractivity contribution in [3.63, 3.8) is 0 Å². The molecule has 3 N–H and O–H groups in total. The van der Waals surface area contributed by atoms with Crippen molar-refractivity contribution in [2.75, 3.05) is 13.2 Å². The minimum absolute atomic E-state index is 0. The maximum absolute atomic E-state index is 12.9. The van der Waals surface area contributed by atoms with Gasteiger partial charge in [0.15, 0.2) is 0 Å².